The van der Waals surface area contributed by atoms with E-state index in [9.17, 15) is 5.26 Å². The first kappa shape index (κ1) is 22.9. The fraction of sp³-hybridized carbons (Fsp3) is 0.550. The minimum absolute atomic E-state index is 0.502. The second-order valence-corrected chi connectivity index (χ2v) is 11.9. The Labute approximate surface area is 163 Å². The summed E-state index contributed by atoms with van der Waals surface area (Å²) in [4.78, 5) is 0. The van der Waals surface area contributed by atoms with Crippen LogP contribution < -0.4 is 0 Å². The highest BCUT2D eigenvalue weighted by Crippen LogP contribution is 2.28. The zero-order chi connectivity index (χ0) is 19.6. The van der Waals surface area contributed by atoms with Crippen LogP contribution in [0.3, 0.4) is 0 Å². The molecule has 0 spiro atoms. The molecular formula is C20H30ClNO3Si. The summed E-state index contributed by atoms with van der Waals surface area (Å²) in [5, 5.41) is 10.7. The molecule has 0 aliphatic rings. The van der Waals surface area contributed by atoms with E-state index >= 15 is 0 Å². The largest absolute Gasteiger partial charge is 0.393 e. The summed E-state index contributed by atoms with van der Waals surface area (Å²) in [5.74, 6) is 0. The van der Waals surface area contributed by atoms with E-state index in [1.165, 1.54) is 0 Å². The van der Waals surface area contributed by atoms with E-state index in [2.05, 4.69) is 6.07 Å². The molecule has 6 heteroatoms. The van der Waals surface area contributed by atoms with Gasteiger partial charge in [-0.1, -0.05) is 43.7 Å². The Bertz CT molecular complexity index is 599. The molecule has 1 aromatic rings. The fourth-order valence-corrected chi connectivity index (χ4v) is 3.67. The quantitative estimate of drug-likeness (QED) is 0.359. The maximum atomic E-state index is 10.0. The summed E-state index contributed by atoms with van der Waals surface area (Å²) in [7, 11) is -2.06. The summed E-state index contributed by atoms with van der Waals surface area (Å²) in [6.07, 6.45) is 4.51. The lowest BCUT2D eigenvalue weighted by atomic mass is 10.0. The molecule has 1 aromatic carbocycles. The third kappa shape index (κ3) is 7.61. The Morgan fingerprint density at radius 3 is 2.08 bits per heavy atom. The van der Waals surface area contributed by atoms with E-state index in [-0.39, 0.29) is 0 Å². The predicted octanol–water partition coefficient (Wildman–Crippen LogP) is 5.65. The van der Waals surface area contributed by atoms with Crippen LogP contribution in [0.25, 0.3) is 6.08 Å². The molecule has 1 atom stereocenters. The lowest BCUT2D eigenvalue weighted by molar-refractivity contribution is -0.199. The van der Waals surface area contributed by atoms with Gasteiger partial charge in [-0.15, -0.1) is 0 Å². The number of benzene rings is 1. The lowest BCUT2D eigenvalue weighted by Gasteiger charge is -2.37. The lowest BCUT2D eigenvalue weighted by Crippen LogP contribution is -2.51. The van der Waals surface area contributed by atoms with Gasteiger partial charge in [0.2, 0.25) is 11.9 Å². The third-order valence-electron chi connectivity index (χ3n) is 3.34. The zero-order valence-corrected chi connectivity index (χ0v) is 18.2. The van der Waals surface area contributed by atoms with E-state index in [0.717, 1.165) is 18.4 Å². The van der Waals surface area contributed by atoms with Crippen molar-refractivity contribution in [2.24, 2.45) is 0 Å². The van der Waals surface area contributed by atoms with E-state index in [0.29, 0.717) is 18.2 Å². The SMILES string of the molecule is CCCOC(OCCC)C(C#N)(/C=C/c1ccc(Cl)cc1)O[Si](C)(C)C. The highest BCUT2D eigenvalue weighted by molar-refractivity contribution is 6.69. The summed E-state index contributed by atoms with van der Waals surface area (Å²) >= 11 is 5.95. The molecule has 0 saturated carbocycles. The van der Waals surface area contributed by atoms with Crippen LogP contribution in [0.2, 0.25) is 24.7 Å². The molecule has 0 aromatic heterocycles. The molecule has 0 aliphatic carbocycles. The molecule has 0 heterocycles. The average molecular weight is 396 g/mol. The van der Waals surface area contributed by atoms with Gasteiger partial charge in [-0.25, -0.2) is 0 Å². The van der Waals surface area contributed by atoms with Gasteiger partial charge in [-0.05, 0) is 56.3 Å². The first-order chi connectivity index (χ1) is 12.3. The summed E-state index contributed by atoms with van der Waals surface area (Å²) in [6.45, 7) is 11.2. The maximum Gasteiger partial charge on any atom is 0.215 e. The highest BCUT2D eigenvalue weighted by atomic mass is 35.5. The molecule has 0 bridgehead atoms. The van der Waals surface area contributed by atoms with Gasteiger partial charge in [0.15, 0.2) is 8.32 Å². The smallest absolute Gasteiger partial charge is 0.215 e. The van der Waals surface area contributed by atoms with Gasteiger partial charge < -0.3 is 13.9 Å². The molecule has 4 nitrogen and oxygen atoms in total. The van der Waals surface area contributed by atoms with Gasteiger partial charge in [-0.2, -0.15) is 5.26 Å². The molecule has 0 saturated heterocycles. The fourth-order valence-electron chi connectivity index (χ4n) is 2.32. The van der Waals surface area contributed by atoms with Gasteiger partial charge >= 0.3 is 0 Å². The first-order valence-corrected chi connectivity index (χ1v) is 12.8. The van der Waals surface area contributed by atoms with Crippen molar-refractivity contribution in [2.45, 2.75) is 58.2 Å². The first-order valence-electron chi connectivity index (χ1n) is 9.05. The molecule has 26 heavy (non-hydrogen) atoms. The normalized spacial score (nSPS) is 14.5. The van der Waals surface area contributed by atoms with Crippen molar-refractivity contribution in [1.29, 1.82) is 5.26 Å². The van der Waals surface area contributed by atoms with Crippen LogP contribution >= 0.6 is 11.6 Å². The minimum atomic E-state index is -2.06. The Kier molecular flexibility index (Phi) is 9.55. The summed E-state index contributed by atoms with van der Waals surface area (Å²) < 4.78 is 18.1. The van der Waals surface area contributed by atoms with Crippen molar-refractivity contribution in [3.05, 3.63) is 40.9 Å². The molecular weight excluding hydrogens is 366 g/mol. The van der Waals surface area contributed by atoms with Crippen LogP contribution in [0, 0.1) is 11.3 Å². The number of ether oxygens (including phenoxy) is 2. The standard InChI is InChI=1S/C20H30ClNO3Si/c1-6-14-23-19(24-15-7-2)20(16-22,25-26(3,4)5)13-12-17-8-10-18(21)11-9-17/h8-13,19H,6-7,14-15H2,1-5H3/b13-12+. The molecule has 0 radical (unpaired) electrons. The van der Waals surface area contributed by atoms with Gasteiger partial charge in [0.1, 0.15) is 6.07 Å². The average Bonchev–Trinajstić information content (AvgIpc) is 2.59. The van der Waals surface area contributed by atoms with Crippen molar-refractivity contribution < 1.29 is 13.9 Å². The Morgan fingerprint density at radius 2 is 1.65 bits per heavy atom. The third-order valence-corrected chi connectivity index (χ3v) is 4.54. The van der Waals surface area contributed by atoms with E-state index in [1.54, 1.807) is 6.08 Å². The van der Waals surface area contributed by atoms with Crippen LogP contribution in [0.1, 0.15) is 32.3 Å². The number of hydrogen-bond acceptors (Lipinski definition) is 4. The van der Waals surface area contributed by atoms with Crippen molar-refractivity contribution in [1.82, 2.24) is 0 Å². The zero-order valence-electron chi connectivity index (χ0n) is 16.4. The Hall–Kier alpha value is -1.16. The van der Waals surface area contributed by atoms with Crippen LogP contribution in [-0.4, -0.2) is 33.4 Å². The highest BCUT2D eigenvalue weighted by Gasteiger charge is 2.43. The molecule has 0 N–H and O–H groups in total. The van der Waals surface area contributed by atoms with Crippen LogP contribution in [-0.2, 0) is 13.9 Å². The molecule has 0 fully saturated rings. The predicted molar refractivity (Wildman–Crippen MR) is 110 cm³/mol. The number of nitrogens with zero attached hydrogens (tertiary/aromatic N) is 1. The van der Waals surface area contributed by atoms with Gasteiger partial charge in [0, 0.05) is 18.2 Å². The second-order valence-electron chi connectivity index (χ2n) is 7.08. The van der Waals surface area contributed by atoms with Crippen LogP contribution in [0.4, 0.5) is 0 Å². The van der Waals surface area contributed by atoms with Crippen molar-refractivity contribution >= 4 is 26.0 Å². The number of rotatable bonds is 11. The molecule has 1 rings (SSSR count). The molecule has 0 amide bonds. The van der Waals surface area contributed by atoms with Gasteiger partial charge in [0.05, 0.1) is 0 Å². The van der Waals surface area contributed by atoms with Crippen molar-refractivity contribution in [2.75, 3.05) is 13.2 Å². The number of nitriles is 1. The van der Waals surface area contributed by atoms with Crippen molar-refractivity contribution in [3.63, 3.8) is 0 Å². The van der Waals surface area contributed by atoms with E-state index in [4.69, 9.17) is 25.5 Å². The van der Waals surface area contributed by atoms with E-state index < -0.39 is 20.2 Å². The minimum Gasteiger partial charge on any atom is -0.393 e. The monoisotopic (exact) mass is 395 g/mol. The number of halogens is 1. The Balaban J connectivity index is 3.24. The van der Waals surface area contributed by atoms with Crippen molar-refractivity contribution in [3.8, 4) is 6.07 Å². The Morgan fingerprint density at radius 1 is 1.12 bits per heavy atom. The maximum absolute atomic E-state index is 10.0. The molecule has 144 valence electrons. The van der Waals surface area contributed by atoms with Gasteiger partial charge in [0.25, 0.3) is 0 Å². The van der Waals surface area contributed by atoms with Crippen LogP contribution in [0.5, 0.6) is 0 Å². The molecule has 0 aliphatic heterocycles. The summed E-state index contributed by atoms with van der Waals surface area (Å²) in [5.41, 5.74) is -0.369. The van der Waals surface area contributed by atoms with Crippen LogP contribution in [0.15, 0.2) is 30.3 Å². The summed E-state index contributed by atoms with van der Waals surface area (Å²) in [6, 6.07) is 9.73. The van der Waals surface area contributed by atoms with E-state index in [1.807, 2.05) is 63.8 Å². The topological polar surface area (TPSA) is 51.5 Å². The van der Waals surface area contributed by atoms with Gasteiger partial charge in [-0.3, -0.25) is 0 Å². The second kappa shape index (κ2) is 10.9. The molecule has 1 unspecified atom stereocenters. The number of hydrogen-bond donors (Lipinski definition) is 0.